The molecule has 1 aromatic carbocycles. The molecule has 2 aromatic rings. The molecular formula is C21H30BrCl2N5. The first-order chi connectivity index (χ1) is 13.2. The molecular weight excluding hydrogens is 473 g/mol. The first-order valence-electron chi connectivity index (χ1n) is 10.00. The maximum Gasteiger partial charge on any atom is 0.225 e. The number of hydrogen-bond acceptors (Lipinski definition) is 5. The van der Waals surface area contributed by atoms with Crippen LogP contribution in [0.2, 0.25) is 0 Å². The molecule has 1 fully saturated rings. The standard InChI is InChI=1S/C21H28BrN5.2ClH/c1-2-8-25-10-12-27(13-11-25)21-23-14-18-16-26(9-7-20(18)24-21)15-17-3-5-19(22)6-4-17;;/h3-6,14H,2,7-13,15-16H2,1H3;2*1H. The second-order valence-electron chi connectivity index (χ2n) is 7.56. The summed E-state index contributed by atoms with van der Waals surface area (Å²) < 4.78 is 1.13. The Bertz CT molecular complexity index is 766. The van der Waals surface area contributed by atoms with Crippen LogP contribution in [-0.4, -0.2) is 59.0 Å². The van der Waals surface area contributed by atoms with Gasteiger partial charge < -0.3 is 4.90 Å². The first-order valence-corrected chi connectivity index (χ1v) is 10.8. The minimum Gasteiger partial charge on any atom is -0.338 e. The highest BCUT2D eigenvalue weighted by molar-refractivity contribution is 9.10. The Morgan fingerprint density at radius 2 is 1.69 bits per heavy atom. The van der Waals surface area contributed by atoms with Gasteiger partial charge >= 0.3 is 0 Å². The highest BCUT2D eigenvalue weighted by Crippen LogP contribution is 2.22. The van der Waals surface area contributed by atoms with Gasteiger partial charge in [0.15, 0.2) is 0 Å². The number of fused-ring (bicyclic) bond motifs is 1. The largest absolute Gasteiger partial charge is 0.338 e. The van der Waals surface area contributed by atoms with Crippen LogP contribution in [-0.2, 0) is 19.5 Å². The van der Waals surface area contributed by atoms with Crippen LogP contribution in [0.1, 0.15) is 30.2 Å². The van der Waals surface area contributed by atoms with E-state index in [0.717, 1.165) is 62.7 Å². The van der Waals surface area contributed by atoms with Gasteiger partial charge in [-0.25, -0.2) is 9.97 Å². The Kier molecular flexibility index (Phi) is 9.63. The van der Waals surface area contributed by atoms with E-state index in [-0.39, 0.29) is 24.8 Å². The maximum atomic E-state index is 4.92. The quantitative estimate of drug-likeness (QED) is 0.613. The number of nitrogens with zero attached hydrogens (tertiary/aromatic N) is 5. The Morgan fingerprint density at radius 1 is 0.966 bits per heavy atom. The summed E-state index contributed by atoms with van der Waals surface area (Å²) in [6, 6.07) is 8.61. The van der Waals surface area contributed by atoms with E-state index < -0.39 is 0 Å². The van der Waals surface area contributed by atoms with Crippen molar-refractivity contribution in [2.45, 2.75) is 32.9 Å². The molecule has 29 heavy (non-hydrogen) atoms. The third-order valence-corrected chi connectivity index (χ3v) is 6.04. The second kappa shape index (κ2) is 11.5. The van der Waals surface area contributed by atoms with Gasteiger partial charge in [0, 0.05) is 68.5 Å². The molecule has 3 heterocycles. The van der Waals surface area contributed by atoms with Crippen molar-refractivity contribution in [2.75, 3.05) is 44.2 Å². The molecule has 0 spiro atoms. The number of anilines is 1. The summed E-state index contributed by atoms with van der Waals surface area (Å²) in [6.45, 7) is 10.7. The van der Waals surface area contributed by atoms with Gasteiger partial charge in [0.1, 0.15) is 0 Å². The molecule has 0 N–H and O–H groups in total. The van der Waals surface area contributed by atoms with Crippen LogP contribution in [0.5, 0.6) is 0 Å². The summed E-state index contributed by atoms with van der Waals surface area (Å²) in [7, 11) is 0. The minimum absolute atomic E-state index is 0. The summed E-state index contributed by atoms with van der Waals surface area (Å²) >= 11 is 3.51. The lowest BCUT2D eigenvalue weighted by atomic mass is 10.1. The molecule has 1 aromatic heterocycles. The molecule has 0 amide bonds. The van der Waals surface area contributed by atoms with E-state index in [0.29, 0.717) is 0 Å². The van der Waals surface area contributed by atoms with E-state index in [1.807, 2.05) is 0 Å². The third-order valence-electron chi connectivity index (χ3n) is 5.51. The lowest BCUT2D eigenvalue weighted by Gasteiger charge is -2.35. The topological polar surface area (TPSA) is 35.5 Å². The van der Waals surface area contributed by atoms with Crippen molar-refractivity contribution in [3.8, 4) is 0 Å². The van der Waals surface area contributed by atoms with E-state index >= 15 is 0 Å². The fraction of sp³-hybridized carbons (Fsp3) is 0.524. The smallest absolute Gasteiger partial charge is 0.225 e. The summed E-state index contributed by atoms with van der Waals surface area (Å²) in [5, 5.41) is 0. The summed E-state index contributed by atoms with van der Waals surface area (Å²) in [5.74, 6) is 0.922. The van der Waals surface area contributed by atoms with E-state index in [9.17, 15) is 0 Å². The van der Waals surface area contributed by atoms with Crippen molar-refractivity contribution in [1.82, 2.24) is 19.8 Å². The number of halogens is 3. The monoisotopic (exact) mass is 501 g/mol. The van der Waals surface area contributed by atoms with Crippen LogP contribution in [0.25, 0.3) is 0 Å². The zero-order chi connectivity index (χ0) is 18.6. The maximum absolute atomic E-state index is 4.92. The average molecular weight is 503 g/mol. The van der Waals surface area contributed by atoms with Crippen molar-refractivity contribution in [3.63, 3.8) is 0 Å². The van der Waals surface area contributed by atoms with Crippen LogP contribution in [0.15, 0.2) is 34.9 Å². The van der Waals surface area contributed by atoms with Crippen molar-refractivity contribution >= 4 is 46.7 Å². The van der Waals surface area contributed by atoms with Crippen molar-refractivity contribution < 1.29 is 0 Å². The molecule has 2 aliphatic heterocycles. The Labute approximate surface area is 194 Å². The number of hydrogen-bond donors (Lipinski definition) is 0. The number of benzene rings is 1. The Hall–Kier alpha value is -0.920. The van der Waals surface area contributed by atoms with Gasteiger partial charge in [-0.15, -0.1) is 24.8 Å². The lowest BCUT2D eigenvalue weighted by Crippen LogP contribution is -2.47. The normalized spacial score (nSPS) is 17.2. The molecule has 0 aliphatic carbocycles. The van der Waals surface area contributed by atoms with E-state index in [2.05, 4.69) is 68.0 Å². The van der Waals surface area contributed by atoms with Gasteiger partial charge in [0.05, 0.1) is 5.69 Å². The summed E-state index contributed by atoms with van der Waals surface area (Å²) in [4.78, 5) is 17.0. The van der Waals surface area contributed by atoms with E-state index in [4.69, 9.17) is 9.97 Å². The Morgan fingerprint density at radius 3 is 2.38 bits per heavy atom. The third kappa shape index (κ3) is 6.28. The highest BCUT2D eigenvalue weighted by atomic mass is 79.9. The molecule has 0 radical (unpaired) electrons. The average Bonchev–Trinajstić information content (AvgIpc) is 2.70. The minimum atomic E-state index is 0. The molecule has 4 rings (SSSR count). The Balaban J connectivity index is 0.00000150. The number of aromatic nitrogens is 2. The molecule has 2 aliphatic rings. The van der Waals surface area contributed by atoms with E-state index in [1.165, 1.54) is 29.8 Å². The number of piperazine rings is 1. The van der Waals surface area contributed by atoms with Gasteiger partial charge in [-0.1, -0.05) is 35.0 Å². The zero-order valence-corrected chi connectivity index (χ0v) is 20.1. The van der Waals surface area contributed by atoms with Crippen LogP contribution < -0.4 is 4.90 Å². The second-order valence-corrected chi connectivity index (χ2v) is 8.47. The summed E-state index contributed by atoms with van der Waals surface area (Å²) in [5.41, 5.74) is 3.87. The molecule has 160 valence electrons. The predicted molar refractivity (Wildman–Crippen MR) is 127 cm³/mol. The molecule has 0 saturated carbocycles. The van der Waals surface area contributed by atoms with Gasteiger partial charge in [0.25, 0.3) is 0 Å². The highest BCUT2D eigenvalue weighted by Gasteiger charge is 2.22. The van der Waals surface area contributed by atoms with Crippen LogP contribution in [0, 0.1) is 0 Å². The predicted octanol–water partition coefficient (Wildman–Crippen LogP) is 4.17. The van der Waals surface area contributed by atoms with Crippen LogP contribution >= 0.6 is 40.7 Å². The van der Waals surface area contributed by atoms with Crippen molar-refractivity contribution in [3.05, 3.63) is 51.8 Å². The summed E-state index contributed by atoms with van der Waals surface area (Å²) in [6.07, 6.45) is 4.30. The van der Waals surface area contributed by atoms with Gasteiger partial charge in [-0.05, 0) is 30.7 Å². The van der Waals surface area contributed by atoms with Gasteiger partial charge in [-0.2, -0.15) is 0 Å². The van der Waals surface area contributed by atoms with Gasteiger partial charge in [0.2, 0.25) is 5.95 Å². The fourth-order valence-corrected chi connectivity index (χ4v) is 4.25. The molecule has 0 unspecified atom stereocenters. The molecule has 0 atom stereocenters. The van der Waals surface area contributed by atoms with E-state index in [1.54, 1.807) is 0 Å². The molecule has 8 heteroatoms. The fourth-order valence-electron chi connectivity index (χ4n) is 3.99. The molecule has 0 bridgehead atoms. The molecule has 5 nitrogen and oxygen atoms in total. The SMILES string of the molecule is CCCN1CCN(c2ncc3c(n2)CCN(Cc2ccc(Br)cc2)C3)CC1.Cl.Cl. The molecule has 1 saturated heterocycles. The van der Waals surface area contributed by atoms with Crippen LogP contribution in [0.4, 0.5) is 5.95 Å². The lowest BCUT2D eigenvalue weighted by molar-refractivity contribution is 0.242. The number of rotatable bonds is 5. The van der Waals surface area contributed by atoms with Crippen molar-refractivity contribution in [1.29, 1.82) is 0 Å². The van der Waals surface area contributed by atoms with Crippen LogP contribution in [0.3, 0.4) is 0 Å². The first kappa shape index (κ1) is 24.4. The zero-order valence-electron chi connectivity index (χ0n) is 16.9. The van der Waals surface area contributed by atoms with Gasteiger partial charge in [-0.3, -0.25) is 9.80 Å². The van der Waals surface area contributed by atoms with Crippen molar-refractivity contribution in [2.24, 2.45) is 0 Å².